The van der Waals surface area contributed by atoms with E-state index in [9.17, 15) is 4.79 Å². The molecule has 0 saturated carbocycles. The summed E-state index contributed by atoms with van der Waals surface area (Å²) in [5.74, 6) is 5.72. The van der Waals surface area contributed by atoms with E-state index in [2.05, 4.69) is 22.1 Å². The average Bonchev–Trinajstić information content (AvgIpc) is 2.49. The van der Waals surface area contributed by atoms with Gasteiger partial charge in [0, 0.05) is 6.20 Å². The van der Waals surface area contributed by atoms with Gasteiger partial charge < -0.3 is 9.84 Å². The topological polar surface area (TPSA) is 71.5 Å². The first-order chi connectivity index (χ1) is 10.3. The van der Waals surface area contributed by atoms with Gasteiger partial charge in [0.25, 0.3) is 0 Å². The lowest BCUT2D eigenvalue weighted by atomic mass is 10.2. The second-order valence-electron chi connectivity index (χ2n) is 4.13. The molecule has 2 rings (SSSR count). The lowest BCUT2D eigenvalue weighted by Crippen LogP contribution is -2.08. The number of nitrogens with zero attached hydrogens (tertiary/aromatic N) is 1. The van der Waals surface area contributed by atoms with Crippen LogP contribution < -0.4 is 5.32 Å². The number of amides is 1. The number of hydrogen-bond acceptors (Lipinski definition) is 3. The highest BCUT2D eigenvalue weighted by Crippen LogP contribution is 2.11. The Bertz CT molecular complexity index is 660. The van der Waals surface area contributed by atoms with Crippen LogP contribution in [0.4, 0.5) is 10.5 Å². The van der Waals surface area contributed by atoms with E-state index >= 15 is 0 Å². The number of ether oxygens (including phenoxy) is 1. The fourth-order valence-corrected chi connectivity index (χ4v) is 1.64. The number of carboxylic acid groups (broad SMARTS) is 1. The van der Waals surface area contributed by atoms with Crippen LogP contribution in [0.25, 0.3) is 0 Å². The van der Waals surface area contributed by atoms with Crippen LogP contribution in [-0.2, 0) is 11.3 Å². The van der Waals surface area contributed by atoms with E-state index in [1.807, 2.05) is 30.3 Å². The number of carbonyl (C=O) groups is 1. The van der Waals surface area contributed by atoms with Gasteiger partial charge in [0.2, 0.25) is 0 Å². The molecule has 0 bridgehead atoms. The molecule has 2 aromatic rings. The van der Waals surface area contributed by atoms with E-state index in [1.165, 1.54) is 6.20 Å². The molecule has 106 valence electrons. The van der Waals surface area contributed by atoms with Crippen molar-refractivity contribution in [2.24, 2.45) is 0 Å². The van der Waals surface area contributed by atoms with E-state index in [-0.39, 0.29) is 6.61 Å². The SMILES string of the molecule is O=C(O)Nc1cnccc1C#CCOCc1ccccc1. The zero-order valence-corrected chi connectivity index (χ0v) is 11.2. The van der Waals surface area contributed by atoms with Gasteiger partial charge in [-0.1, -0.05) is 42.2 Å². The Morgan fingerprint density at radius 2 is 2.10 bits per heavy atom. The van der Waals surface area contributed by atoms with Gasteiger partial charge in [-0.15, -0.1) is 0 Å². The van der Waals surface area contributed by atoms with Crippen molar-refractivity contribution in [3.05, 3.63) is 59.9 Å². The highest BCUT2D eigenvalue weighted by Gasteiger charge is 2.02. The minimum absolute atomic E-state index is 0.268. The number of pyridine rings is 1. The molecule has 2 N–H and O–H groups in total. The van der Waals surface area contributed by atoms with E-state index in [4.69, 9.17) is 9.84 Å². The summed E-state index contributed by atoms with van der Waals surface area (Å²) in [6, 6.07) is 11.5. The molecule has 5 heteroatoms. The van der Waals surface area contributed by atoms with Crippen molar-refractivity contribution in [2.75, 3.05) is 11.9 Å². The first kappa shape index (κ1) is 14.6. The third kappa shape index (κ3) is 4.97. The molecule has 0 aliphatic carbocycles. The Hall–Kier alpha value is -2.84. The quantitative estimate of drug-likeness (QED) is 0.668. The molecule has 0 aliphatic heterocycles. The fourth-order valence-electron chi connectivity index (χ4n) is 1.64. The van der Waals surface area contributed by atoms with Crippen molar-refractivity contribution < 1.29 is 14.6 Å². The molecule has 1 amide bonds. The lowest BCUT2D eigenvalue weighted by Gasteiger charge is -2.02. The highest BCUT2D eigenvalue weighted by atomic mass is 16.5. The molecular weight excluding hydrogens is 268 g/mol. The molecule has 0 fully saturated rings. The van der Waals surface area contributed by atoms with Gasteiger partial charge in [-0.25, -0.2) is 4.79 Å². The fraction of sp³-hybridized carbons (Fsp3) is 0.125. The van der Waals surface area contributed by atoms with Crippen molar-refractivity contribution in [3.63, 3.8) is 0 Å². The second kappa shape index (κ2) is 7.68. The molecular formula is C16H14N2O3. The van der Waals surface area contributed by atoms with Crippen LogP contribution in [0.2, 0.25) is 0 Å². The smallest absolute Gasteiger partial charge is 0.409 e. The van der Waals surface area contributed by atoms with E-state index < -0.39 is 6.09 Å². The normalized spacial score (nSPS) is 9.52. The monoisotopic (exact) mass is 282 g/mol. The van der Waals surface area contributed by atoms with Gasteiger partial charge in [0.05, 0.1) is 24.1 Å². The molecule has 1 aromatic heterocycles. The van der Waals surface area contributed by atoms with Crippen molar-refractivity contribution in [1.29, 1.82) is 0 Å². The van der Waals surface area contributed by atoms with Crippen molar-refractivity contribution in [1.82, 2.24) is 4.98 Å². The van der Waals surface area contributed by atoms with Gasteiger partial charge in [0.1, 0.15) is 6.61 Å². The van der Waals surface area contributed by atoms with E-state index in [0.717, 1.165) is 5.56 Å². The summed E-state index contributed by atoms with van der Waals surface area (Å²) in [7, 11) is 0. The number of aromatic nitrogens is 1. The first-order valence-corrected chi connectivity index (χ1v) is 6.30. The number of nitrogens with one attached hydrogen (secondary N) is 1. The van der Waals surface area contributed by atoms with Gasteiger partial charge in [0.15, 0.2) is 0 Å². The van der Waals surface area contributed by atoms with Gasteiger partial charge >= 0.3 is 6.09 Å². The summed E-state index contributed by atoms with van der Waals surface area (Å²) in [5, 5.41) is 11.0. The second-order valence-corrected chi connectivity index (χ2v) is 4.13. The molecule has 0 aliphatic rings. The maximum Gasteiger partial charge on any atom is 0.409 e. The van der Waals surface area contributed by atoms with Crippen LogP contribution in [0.1, 0.15) is 11.1 Å². The largest absolute Gasteiger partial charge is 0.465 e. The molecule has 1 heterocycles. The van der Waals surface area contributed by atoms with E-state index in [1.54, 1.807) is 12.3 Å². The Morgan fingerprint density at radius 1 is 1.29 bits per heavy atom. The molecule has 21 heavy (non-hydrogen) atoms. The maximum absolute atomic E-state index is 10.6. The van der Waals surface area contributed by atoms with Gasteiger partial charge in [-0.3, -0.25) is 10.3 Å². The number of rotatable bonds is 4. The molecule has 0 saturated heterocycles. The van der Waals surface area contributed by atoms with E-state index in [0.29, 0.717) is 17.9 Å². The zero-order chi connectivity index (χ0) is 14.9. The van der Waals surface area contributed by atoms with Crippen molar-refractivity contribution in [3.8, 4) is 11.8 Å². The van der Waals surface area contributed by atoms with Crippen molar-refractivity contribution >= 4 is 11.8 Å². The summed E-state index contributed by atoms with van der Waals surface area (Å²) >= 11 is 0. The molecule has 5 nitrogen and oxygen atoms in total. The van der Waals surface area contributed by atoms with Crippen LogP contribution in [0.3, 0.4) is 0 Å². The Balaban J connectivity index is 1.89. The number of anilines is 1. The van der Waals surface area contributed by atoms with Gasteiger partial charge in [-0.05, 0) is 11.6 Å². The average molecular weight is 282 g/mol. The van der Waals surface area contributed by atoms with Crippen molar-refractivity contribution in [2.45, 2.75) is 6.61 Å². The standard InChI is InChI=1S/C16H14N2O3/c19-16(20)18-15-11-17-9-8-14(15)7-4-10-21-12-13-5-2-1-3-6-13/h1-3,5-6,8-9,11,18H,10,12H2,(H,19,20). The summed E-state index contributed by atoms with van der Waals surface area (Å²) in [6.45, 7) is 0.760. The Kier molecular flexibility index (Phi) is 5.33. The molecule has 0 atom stereocenters. The van der Waals surface area contributed by atoms with Gasteiger partial charge in [-0.2, -0.15) is 0 Å². The third-order valence-corrected chi connectivity index (χ3v) is 2.57. The Morgan fingerprint density at radius 3 is 2.86 bits per heavy atom. The molecule has 0 radical (unpaired) electrons. The molecule has 0 unspecified atom stereocenters. The third-order valence-electron chi connectivity index (χ3n) is 2.57. The minimum Gasteiger partial charge on any atom is -0.465 e. The number of hydrogen-bond donors (Lipinski definition) is 2. The zero-order valence-electron chi connectivity index (χ0n) is 11.2. The summed E-state index contributed by atoms with van der Waals surface area (Å²) < 4.78 is 5.44. The minimum atomic E-state index is -1.15. The van der Waals surface area contributed by atoms with Crippen LogP contribution in [0, 0.1) is 11.8 Å². The van der Waals surface area contributed by atoms with Crippen LogP contribution >= 0.6 is 0 Å². The first-order valence-electron chi connectivity index (χ1n) is 6.30. The maximum atomic E-state index is 10.6. The predicted octanol–water partition coefficient (Wildman–Crippen LogP) is 2.74. The van der Waals surface area contributed by atoms with Crippen LogP contribution in [0.15, 0.2) is 48.8 Å². The predicted molar refractivity (Wildman–Crippen MR) is 78.9 cm³/mol. The number of benzene rings is 1. The summed E-state index contributed by atoms with van der Waals surface area (Å²) in [4.78, 5) is 14.5. The highest BCUT2D eigenvalue weighted by molar-refractivity contribution is 5.84. The lowest BCUT2D eigenvalue weighted by molar-refractivity contribution is 0.153. The Labute approximate surface area is 122 Å². The van der Waals surface area contributed by atoms with Crippen LogP contribution in [0.5, 0.6) is 0 Å². The summed E-state index contributed by atoms with van der Waals surface area (Å²) in [6.07, 6.45) is 1.83. The molecule has 0 spiro atoms. The molecule has 1 aromatic carbocycles. The summed E-state index contributed by atoms with van der Waals surface area (Å²) in [5.41, 5.74) is 2.01. The van der Waals surface area contributed by atoms with Crippen LogP contribution in [-0.4, -0.2) is 22.8 Å².